The van der Waals surface area contributed by atoms with Gasteiger partial charge in [0.15, 0.2) is 0 Å². The highest BCUT2D eigenvalue weighted by Gasteiger charge is 2.22. The van der Waals surface area contributed by atoms with Crippen LogP contribution in [-0.4, -0.2) is 10.9 Å². The van der Waals surface area contributed by atoms with Gasteiger partial charge in [-0.25, -0.2) is 4.79 Å². The quantitative estimate of drug-likeness (QED) is 0.341. The molecule has 0 unspecified atom stereocenters. The van der Waals surface area contributed by atoms with Crippen LogP contribution in [0.15, 0.2) is 48.0 Å². The molecule has 0 radical (unpaired) electrons. The summed E-state index contributed by atoms with van der Waals surface area (Å²) in [7, 11) is 0. The molecule has 0 amide bonds. The first kappa shape index (κ1) is 16.9. The number of hydrogen-bond donors (Lipinski definition) is 0. The van der Waals surface area contributed by atoms with E-state index in [-0.39, 0.29) is 10.7 Å². The van der Waals surface area contributed by atoms with Crippen molar-refractivity contribution in [2.24, 2.45) is 0 Å². The van der Waals surface area contributed by atoms with Gasteiger partial charge in [-0.2, -0.15) is 0 Å². The lowest BCUT2D eigenvalue weighted by Crippen LogP contribution is -1.97. The molecule has 0 aromatic heterocycles. The van der Waals surface area contributed by atoms with Crippen LogP contribution in [0.1, 0.15) is 22.3 Å². The van der Waals surface area contributed by atoms with E-state index in [2.05, 4.69) is 0 Å². The van der Waals surface area contributed by atoms with Crippen LogP contribution in [0.5, 0.6) is 0 Å². The fourth-order valence-corrected chi connectivity index (χ4v) is 2.65. The van der Waals surface area contributed by atoms with Crippen LogP contribution in [-0.2, 0) is 9.53 Å². The Morgan fingerprint density at radius 2 is 1.88 bits per heavy atom. The number of carbonyl (C=O) groups excluding carboxylic acids is 1. The number of hydrogen-bond acceptors (Lipinski definition) is 4. The van der Waals surface area contributed by atoms with Gasteiger partial charge in [0.2, 0.25) is 0 Å². The van der Waals surface area contributed by atoms with E-state index in [1.54, 1.807) is 18.2 Å². The molecule has 0 saturated heterocycles. The Morgan fingerprint density at radius 3 is 2.56 bits per heavy atom. The Hall–Kier alpha value is -2.92. The monoisotopic (exact) mass is 355 g/mol. The fraction of sp³-hybridized carbons (Fsp3) is 0.105. The van der Waals surface area contributed by atoms with Crippen LogP contribution in [0.3, 0.4) is 0 Å². The number of rotatable bonds is 3. The standard InChI is InChI=1S/C19H14ClNO4/c1-11-3-5-14(7-12(11)2)18-10-15(19(22)25-18)8-13-4-6-16(20)17(9-13)21(23)24/h3-10H,1-2H3/b15-8+. The zero-order chi connectivity index (χ0) is 18.1. The van der Waals surface area contributed by atoms with Crippen LogP contribution < -0.4 is 0 Å². The van der Waals surface area contributed by atoms with Crippen molar-refractivity contribution in [2.75, 3.05) is 0 Å². The number of cyclic esters (lactones) is 1. The Labute approximate surface area is 149 Å². The molecule has 0 saturated carbocycles. The maximum atomic E-state index is 12.1. The van der Waals surface area contributed by atoms with Crippen molar-refractivity contribution in [1.82, 2.24) is 0 Å². The van der Waals surface area contributed by atoms with E-state index >= 15 is 0 Å². The molecule has 2 aromatic carbocycles. The lowest BCUT2D eigenvalue weighted by Gasteiger charge is -2.05. The minimum atomic E-state index is -0.562. The Bertz CT molecular complexity index is 960. The first-order valence-corrected chi connectivity index (χ1v) is 7.90. The second-order valence-corrected chi connectivity index (χ2v) is 6.17. The molecule has 5 nitrogen and oxygen atoms in total. The molecule has 0 bridgehead atoms. The molecule has 0 atom stereocenters. The molecule has 0 aliphatic carbocycles. The third-order valence-electron chi connectivity index (χ3n) is 4.01. The van der Waals surface area contributed by atoms with E-state index < -0.39 is 10.9 Å². The third-order valence-corrected chi connectivity index (χ3v) is 4.33. The highest BCUT2D eigenvalue weighted by Crippen LogP contribution is 2.30. The summed E-state index contributed by atoms with van der Waals surface area (Å²) in [5, 5.41) is 11.0. The van der Waals surface area contributed by atoms with E-state index in [4.69, 9.17) is 16.3 Å². The van der Waals surface area contributed by atoms with Crippen LogP contribution in [0.2, 0.25) is 5.02 Å². The number of nitro benzene ring substituents is 1. The van der Waals surface area contributed by atoms with Gasteiger partial charge >= 0.3 is 5.97 Å². The van der Waals surface area contributed by atoms with E-state index in [9.17, 15) is 14.9 Å². The number of nitro groups is 1. The lowest BCUT2D eigenvalue weighted by molar-refractivity contribution is -0.384. The molecule has 1 aliphatic rings. The van der Waals surface area contributed by atoms with Gasteiger partial charge in [-0.1, -0.05) is 29.8 Å². The SMILES string of the molecule is Cc1ccc(C2=C/C(=C\c3ccc(Cl)c([N+](=O)[O-])c3)C(=O)O2)cc1C. The zero-order valence-corrected chi connectivity index (χ0v) is 14.3. The van der Waals surface area contributed by atoms with Crippen molar-refractivity contribution in [1.29, 1.82) is 0 Å². The number of ether oxygens (including phenoxy) is 1. The number of benzene rings is 2. The maximum absolute atomic E-state index is 12.1. The Morgan fingerprint density at radius 1 is 1.12 bits per heavy atom. The highest BCUT2D eigenvalue weighted by atomic mass is 35.5. The van der Waals surface area contributed by atoms with Gasteiger partial charge in [0, 0.05) is 11.6 Å². The summed E-state index contributed by atoms with van der Waals surface area (Å²) in [6, 6.07) is 10.2. The van der Waals surface area contributed by atoms with Gasteiger partial charge in [-0.3, -0.25) is 10.1 Å². The molecule has 126 valence electrons. The molecule has 2 aromatic rings. The molecule has 1 aliphatic heterocycles. The molecule has 0 spiro atoms. The van der Waals surface area contributed by atoms with Crippen molar-refractivity contribution >= 4 is 35.1 Å². The maximum Gasteiger partial charge on any atom is 0.343 e. The number of aryl methyl sites for hydroxylation is 2. The number of esters is 1. The minimum absolute atomic E-state index is 0.0486. The van der Waals surface area contributed by atoms with Crippen molar-refractivity contribution < 1.29 is 14.5 Å². The molecular formula is C19H14ClNO4. The second kappa shape index (κ2) is 6.53. The number of carbonyl (C=O) groups is 1. The summed E-state index contributed by atoms with van der Waals surface area (Å²) in [6.45, 7) is 3.99. The summed E-state index contributed by atoms with van der Waals surface area (Å²) in [4.78, 5) is 22.5. The van der Waals surface area contributed by atoms with Crippen molar-refractivity contribution in [3.05, 3.63) is 85.4 Å². The molecular weight excluding hydrogens is 342 g/mol. The molecule has 1 heterocycles. The van der Waals surface area contributed by atoms with Crippen LogP contribution in [0.4, 0.5) is 5.69 Å². The average Bonchev–Trinajstić information content (AvgIpc) is 2.92. The normalized spacial score (nSPS) is 15.2. The Balaban J connectivity index is 1.97. The molecule has 0 fully saturated rings. The van der Waals surface area contributed by atoms with E-state index in [0.29, 0.717) is 16.9 Å². The minimum Gasteiger partial charge on any atom is -0.422 e. The third kappa shape index (κ3) is 3.46. The number of halogens is 1. The van der Waals surface area contributed by atoms with Gasteiger partial charge in [-0.15, -0.1) is 0 Å². The molecule has 6 heteroatoms. The van der Waals surface area contributed by atoms with Crippen molar-refractivity contribution in [3.8, 4) is 0 Å². The predicted octanol–water partition coefficient (Wildman–Crippen LogP) is 4.85. The Kier molecular flexibility index (Phi) is 4.42. The summed E-state index contributed by atoms with van der Waals surface area (Å²) in [5.41, 5.74) is 3.67. The average molecular weight is 356 g/mol. The summed E-state index contributed by atoms with van der Waals surface area (Å²) >= 11 is 5.80. The lowest BCUT2D eigenvalue weighted by atomic mass is 10.0. The summed E-state index contributed by atoms with van der Waals surface area (Å²) in [6.07, 6.45) is 3.17. The van der Waals surface area contributed by atoms with Crippen LogP contribution in [0, 0.1) is 24.0 Å². The largest absolute Gasteiger partial charge is 0.422 e. The molecule has 0 N–H and O–H groups in total. The topological polar surface area (TPSA) is 69.4 Å². The predicted molar refractivity (Wildman–Crippen MR) is 96.1 cm³/mol. The van der Waals surface area contributed by atoms with Crippen LogP contribution in [0.25, 0.3) is 11.8 Å². The van der Waals surface area contributed by atoms with Crippen molar-refractivity contribution in [3.63, 3.8) is 0 Å². The van der Waals surface area contributed by atoms with Gasteiger partial charge in [0.05, 0.1) is 10.5 Å². The fourth-order valence-electron chi connectivity index (χ4n) is 2.46. The highest BCUT2D eigenvalue weighted by molar-refractivity contribution is 6.32. The van der Waals surface area contributed by atoms with Gasteiger partial charge < -0.3 is 4.74 Å². The zero-order valence-electron chi connectivity index (χ0n) is 13.6. The summed E-state index contributed by atoms with van der Waals surface area (Å²) in [5.74, 6) is -0.0337. The van der Waals surface area contributed by atoms with Gasteiger partial charge in [0.25, 0.3) is 5.69 Å². The van der Waals surface area contributed by atoms with E-state index in [1.165, 1.54) is 12.1 Å². The van der Waals surface area contributed by atoms with Crippen LogP contribution >= 0.6 is 11.6 Å². The summed E-state index contributed by atoms with van der Waals surface area (Å²) < 4.78 is 5.32. The first-order chi connectivity index (χ1) is 11.8. The molecule has 3 rings (SSSR count). The van der Waals surface area contributed by atoms with Gasteiger partial charge in [0.1, 0.15) is 10.8 Å². The van der Waals surface area contributed by atoms with E-state index in [0.717, 1.165) is 16.7 Å². The second-order valence-electron chi connectivity index (χ2n) is 5.76. The van der Waals surface area contributed by atoms with Crippen molar-refractivity contribution in [2.45, 2.75) is 13.8 Å². The molecule has 25 heavy (non-hydrogen) atoms. The smallest absolute Gasteiger partial charge is 0.343 e. The van der Waals surface area contributed by atoms with E-state index in [1.807, 2.05) is 32.0 Å². The first-order valence-electron chi connectivity index (χ1n) is 7.52. The van der Waals surface area contributed by atoms with Gasteiger partial charge in [-0.05, 0) is 54.8 Å². The number of nitrogens with zero attached hydrogens (tertiary/aromatic N) is 1.